The van der Waals surface area contributed by atoms with Gasteiger partial charge >= 0.3 is 0 Å². The van der Waals surface area contributed by atoms with Crippen molar-refractivity contribution in [3.05, 3.63) is 0 Å². The normalized spacial score (nSPS) is 22.6. The van der Waals surface area contributed by atoms with Gasteiger partial charge in [-0.1, -0.05) is 59.3 Å². The molecule has 0 unspecified atom stereocenters. The molecule has 0 bridgehead atoms. The van der Waals surface area contributed by atoms with Gasteiger partial charge in [0.25, 0.3) is 0 Å². The molecule has 0 aromatic heterocycles. The summed E-state index contributed by atoms with van der Waals surface area (Å²) in [7, 11) is 0. The van der Waals surface area contributed by atoms with E-state index < -0.39 is 0 Å². The lowest BCUT2D eigenvalue weighted by Gasteiger charge is -2.41. The molecule has 1 fully saturated rings. The van der Waals surface area contributed by atoms with Crippen molar-refractivity contribution in [1.29, 1.82) is 0 Å². The van der Waals surface area contributed by atoms with E-state index in [1.165, 1.54) is 70.6 Å². The third-order valence-electron chi connectivity index (χ3n) is 4.63. The molecule has 0 aromatic carbocycles. The van der Waals surface area contributed by atoms with Gasteiger partial charge in [0.05, 0.1) is 0 Å². The van der Waals surface area contributed by atoms with E-state index in [0.717, 1.165) is 0 Å². The third-order valence-corrected chi connectivity index (χ3v) is 4.63. The number of rotatable bonds is 7. The molecule has 0 radical (unpaired) electrons. The summed E-state index contributed by atoms with van der Waals surface area (Å²) in [6.45, 7) is 7.05. The van der Waals surface area contributed by atoms with E-state index in [9.17, 15) is 0 Å². The van der Waals surface area contributed by atoms with Crippen LogP contribution in [0.15, 0.2) is 0 Å². The van der Waals surface area contributed by atoms with Gasteiger partial charge in [-0.3, -0.25) is 0 Å². The van der Waals surface area contributed by atoms with Gasteiger partial charge in [-0.2, -0.15) is 0 Å². The summed E-state index contributed by atoms with van der Waals surface area (Å²) in [4.78, 5) is 0. The molecular weight excluding hydrogens is 206 g/mol. The van der Waals surface area contributed by atoms with E-state index >= 15 is 0 Å². The lowest BCUT2D eigenvalue weighted by molar-refractivity contribution is 0.155. The molecule has 0 aromatic rings. The largest absolute Gasteiger partial charge is 0.325 e. The van der Waals surface area contributed by atoms with Crippen molar-refractivity contribution in [2.75, 3.05) is 0 Å². The Morgan fingerprint density at radius 1 is 0.824 bits per heavy atom. The smallest absolute Gasteiger partial charge is 0.0154 e. The molecule has 1 saturated carbocycles. The van der Waals surface area contributed by atoms with Crippen LogP contribution >= 0.6 is 0 Å². The average molecular weight is 239 g/mol. The van der Waals surface area contributed by atoms with Crippen LogP contribution in [0, 0.1) is 5.41 Å². The van der Waals surface area contributed by atoms with Crippen molar-refractivity contribution in [2.45, 2.75) is 96.9 Å². The first kappa shape index (κ1) is 15.0. The summed E-state index contributed by atoms with van der Waals surface area (Å²) >= 11 is 0. The Kier molecular flexibility index (Phi) is 5.99. The van der Waals surface area contributed by atoms with Crippen molar-refractivity contribution in [1.82, 2.24) is 0 Å². The summed E-state index contributed by atoms with van der Waals surface area (Å²) in [5, 5.41) is 0. The van der Waals surface area contributed by atoms with Crippen molar-refractivity contribution in [2.24, 2.45) is 11.1 Å². The van der Waals surface area contributed by atoms with Crippen molar-refractivity contribution < 1.29 is 0 Å². The SMILES string of the molecule is CCCCCCCCC1(N)CCC(C)(C)CC1. The standard InChI is InChI=1S/C16H33N/c1-4-5-6-7-8-9-10-16(17)13-11-15(2,3)12-14-16/h4-14,17H2,1-3H3. The van der Waals surface area contributed by atoms with E-state index in [1.807, 2.05) is 0 Å². The Hall–Kier alpha value is -0.0400. The Morgan fingerprint density at radius 3 is 1.94 bits per heavy atom. The molecule has 0 atom stereocenters. The highest BCUT2D eigenvalue weighted by molar-refractivity contribution is 4.92. The van der Waals surface area contributed by atoms with E-state index in [0.29, 0.717) is 5.41 Å². The first-order valence-corrected chi connectivity index (χ1v) is 7.76. The zero-order chi connectivity index (χ0) is 12.8. The summed E-state index contributed by atoms with van der Waals surface area (Å²) in [6, 6.07) is 0. The van der Waals surface area contributed by atoms with Gasteiger partial charge in [0.15, 0.2) is 0 Å². The summed E-state index contributed by atoms with van der Waals surface area (Å²) < 4.78 is 0. The van der Waals surface area contributed by atoms with Gasteiger partial charge in [0.2, 0.25) is 0 Å². The van der Waals surface area contributed by atoms with Crippen LogP contribution in [0.4, 0.5) is 0 Å². The lowest BCUT2D eigenvalue weighted by Crippen LogP contribution is -2.44. The topological polar surface area (TPSA) is 26.0 Å². The van der Waals surface area contributed by atoms with Gasteiger partial charge in [0, 0.05) is 5.54 Å². The Bertz CT molecular complexity index is 198. The number of hydrogen-bond acceptors (Lipinski definition) is 1. The van der Waals surface area contributed by atoms with Crippen LogP contribution in [0.2, 0.25) is 0 Å². The number of hydrogen-bond donors (Lipinski definition) is 1. The third kappa shape index (κ3) is 5.90. The molecule has 0 spiro atoms. The van der Waals surface area contributed by atoms with Gasteiger partial charge in [0.1, 0.15) is 0 Å². The lowest BCUT2D eigenvalue weighted by atomic mass is 9.68. The molecule has 1 nitrogen and oxygen atoms in total. The monoisotopic (exact) mass is 239 g/mol. The quantitative estimate of drug-likeness (QED) is 0.619. The first-order valence-electron chi connectivity index (χ1n) is 7.76. The van der Waals surface area contributed by atoms with Crippen LogP contribution in [0.1, 0.15) is 91.4 Å². The zero-order valence-corrected chi connectivity index (χ0v) is 12.4. The Balaban J connectivity index is 2.10. The number of nitrogens with two attached hydrogens (primary N) is 1. The molecule has 1 rings (SSSR count). The highest BCUT2D eigenvalue weighted by atomic mass is 14.7. The highest BCUT2D eigenvalue weighted by Gasteiger charge is 2.34. The predicted molar refractivity (Wildman–Crippen MR) is 77.2 cm³/mol. The molecular formula is C16H33N. The summed E-state index contributed by atoms with van der Waals surface area (Å²) in [5.74, 6) is 0. The predicted octanol–water partition coefficient (Wildman–Crippen LogP) is 5.03. The second-order valence-corrected chi connectivity index (χ2v) is 7.04. The van der Waals surface area contributed by atoms with E-state index in [2.05, 4.69) is 20.8 Å². The van der Waals surface area contributed by atoms with E-state index in [-0.39, 0.29) is 5.54 Å². The number of unbranched alkanes of at least 4 members (excludes halogenated alkanes) is 5. The minimum atomic E-state index is 0.181. The fourth-order valence-electron chi connectivity index (χ4n) is 2.93. The minimum absolute atomic E-state index is 0.181. The molecule has 1 heteroatoms. The molecule has 17 heavy (non-hydrogen) atoms. The summed E-state index contributed by atoms with van der Waals surface area (Å²) in [6.07, 6.45) is 14.7. The second kappa shape index (κ2) is 6.78. The van der Waals surface area contributed by atoms with Gasteiger partial charge in [-0.15, -0.1) is 0 Å². The maximum absolute atomic E-state index is 6.52. The Labute approximate surface area is 109 Å². The van der Waals surface area contributed by atoms with Crippen LogP contribution in [0.25, 0.3) is 0 Å². The molecule has 0 aliphatic heterocycles. The minimum Gasteiger partial charge on any atom is -0.325 e. The Morgan fingerprint density at radius 2 is 1.35 bits per heavy atom. The van der Waals surface area contributed by atoms with Crippen molar-refractivity contribution in [3.8, 4) is 0 Å². The molecule has 0 saturated heterocycles. The molecule has 0 amide bonds. The van der Waals surface area contributed by atoms with Gasteiger partial charge < -0.3 is 5.73 Å². The fourth-order valence-corrected chi connectivity index (χ4v) is 2.93. The van der Waals surface area contributed by atoms with Crippen LogP contribution in [-0.4, -0.2) is 5.54 Å². The zero-order valence-electron chi connectivity index (χ0n) is 12.4. The second-order valence-electron chi connectivity index (χ2n) is 7.04. The molecule has 2 N–H and O–H groups in total. The van der Waals surface area contributed by atoms with Crippen molar-refractivity contribution >= 4 is 0 Å². The van der Waals surface area contributed by atoms with Gasteiger partial charge in [-0.05, 0) is 37.5 Å². The van der Waals surface area contributed by atoms with Crippen molar-refractivity contribution in [3.63, 3.8) is 0 Å². The molecule has 1 aliphatic rings. The van der Waals surface area contributed by atoms with E-state index in [1.54, 1.807) is 0 Å². The maximum Gasteiger partial charge on any atom is 0.0154 e. The van der Waals surface area contributed by atoms with Gasteiger partial charge in [-0.25, -0.2) is 0 Å². The molecule has 1 aliphatic carbocycles. The van der Waals surface area contributed by atoms with Crippen LogP contribution in [0.3, 0.4) is 0 Å². The van der Waals surface area contributed by atoms with Crippen LogP contribution < -0.4 is 5.73 Å². The maximum atomic E-state index is 6.52. The van der Waals surface area contributed by atoms with E-state index in [4.69, 9.17) is 5.73 Å². The first-order chi connectivity index (χ1) is 7.97. The average Bonchev–Trinajstić information content (AvgIpc) is 2.28. The highest BCUT2D eigenvalue weighted by Crippen LogP contribution is 2.40. The fraction of sp³-hybridized carbons (Fsp3) is 1.00. The van der Waals surface area contributed by atoms with Crippen LogP contribution in [0.5, 0.6) is 0 Å². The molecule has 0 heterocycles. The molecule has 102 valence electrons. The van der Waals surface area contributed by atoms with Crippen LogP contribution in [-0.2, 0) is 0 Å². The summed E-state index contributed by atoms with van der Waals surface area (Å²) in [5.41, 5.74) is 7.25.